The van der Waals surface area contributed by atoms with Gasteiger partial charge in [-0.05, 0) is 107 Å². The smallest absolute Gasteiger partial charge is 0.394 e. The highest BCUT2D eigenvalue weighted by Crippen LogP contribution is 2.23. The van der Waals surface area contributed by atoms with Crippen LogP contribution in [-0.2, 0) is 22.7 Å². The first-order valence-corrected chi connectivity index (χ1v) is 16.1. The Morgan fingerprint density at radius 3 is 2.11 bits per heavy atom. The molecule has 1 heterocycles. The van der Waals surface area contributed by atoms with Crippen molar-refractivity contribution in [2.75, 3.05) is 19.6 Å². The monoisotopic (exact) mass is 731 g/mol. The van der Waals surface area contributed by atoms with Gasteiger partial charge in [-0.1, -0.05) is 48.5 Å². The molecule has 0 bridgehead atoms. The number of likely N-dealkylation sites (tertiary alicyclic amines) is 1. The normalized spacial score (nSPS) is 13.1. The molecule has 5 rings (SSSR count). The zero-order valence-electron chi connectivity index (χ0n) is 25.1. The van der Waals surface area contributed by atoms with Crippen LogP contribution in [0.5, 0.6) is 11.5 Å². The number of aliphatic carboxylic acids is 1. The topological polar surface area (TPSA) is 116 Å². The molecule has 0 aliphatic carbocycles. The molecule has 0 saturated carbocycles. The minimum Gasteiger partial charge on any atom is -0.474 e. The molecule has 2 N–H and O–H groups in total. The van der Waals surface area contributed by atoms with Crippen molar-refractivity contribution in [1.82, 2.24) is 15.1 Å². The van der Waals surface area contributed by atoms with Gasteiger partial charge in [0.05, 0.1) is 0 Å². The summed E-state index contributed by atoms with van der Waals surface area (Å²) in [5, 5.41) is 12.4. The van der Waals surface area contributed by atoms with Crippen molar-refractivity contribution in [2.45, 2.75) is 25.9 Å². The second-order valence-corrected chi connectivity index (χ2v) is 12.4. The summed E-state index contributed by atoms with van der Waals surface area (Å²) in [6, 6.07) is 31.2. The molecule has 10 heteroatoms. The number of carbonyl (C=O) groups excluding carboxylic acids is 3. The Balaban J connectivity index is 1.12. The summed E-state index contributed by atoms with van der Waals surface area (Å²) in [7, 11) is 0. The van der Waals surface area contributed by atoms with E-state index in [9.17, 15) is 24.3 Å². The van der Waals surface area contributed by atoms with E-state index < -0.39 is 11.9 Å². The first-order chi connectivity index (χ1) is 22.2. The van der Waals surface area contributed by atoms with Gasteiger partial charge in [0.15, 0.2) is 0 Å². The summed E-state index contributed by atoms with van der Waals surface area (Å²) in [6.07, 6.45) is 1.34. The van der Waals surface area contributed by atoms with Crippen LogP contribution in [0.4, 0.5) is 0 Å². The predicted molar refractivity (Wildman–Crippen MR) is 181 cm³/mol. The van der Waals surface area contributed by atoms with Crippen LogP contribution in [0.2, 0.25) is 0 Å². The molecule has 0 spiro atoms. The number of carboxylic acid groups (broad SMARTS) is 1. The number of halogens is 1. The molecule has 46 heavy (non-hydrogen) atoms. The molecule has 1 saturated heterocycles. The fourth-order valence-electron chi connectivity index (χ4n) is 5.36. The minimum atomic E-state index is -1.51. The molecule has 236 valence electrons. The van der Waals surface area contributed by atoms with Gasteiger partial charge in [-0.2, -0.15) is 0 Å². The Hall–Kier alpha value is -4.71. The average Bonchev–Trinajstić information content (AvgIpc) is 3.08. The zero-order chi connectivity index (χ0) is 32.5. The molecular formula is C36H34IN3O6. The number of carboxylic acids is 1. The Morgan fingerprint density at radius 2 is 1.46 bits per heavy atom. The zero-order valence-corrected chi connectivity index (χ0v) is 27.3. The fraction of sp³-hybridized carbons (Fsp3) is 0.222. The molecule has 0 radical (unpaired) electrons. The van der Waals surface area contributed by atoms with E-state index in [4.69, 9.17) is 4.74 Å². The van der Waals surface area contributed by atoms with E-state index in [1.54, 1.807) is 30.3 Å². The van der Waals surface area contributed by atoms with E-state index in [0.29, 0.717) is 54.9 Å². The van der Waals surface area contributed by atoms with Gasteiger partial charge >= 0.3 is 11.9 Å². The largest absolute Gasteiger partial charge is 0.474 e. The van der Waals surface area contributed by atoms with Crippen molar-refractivity contribution in [3.8, 4) is 11.5 Å². The number of carbonyl (C=O) groups is 4. The summed E-state index contributed by atoms with van der Waals surface area (Å²) >= 11 is 2.18. The van der Waals surface area contributed by atoms with Gasteiger partial charge in [0.25, 0.3) is 11.8 Å². The number of hydrogen-bond donors (Lipinski definition) is 2. The van der Waals surface area contributed by atoms with E-state index in [-0.39, 0.29) is 30.8 Å². The summed E-state index contributed by atoms with van der Waals surface area (Å²) in [4.78, 5) is 53.1. The van der Waals surface area contributed by atoms with Crippen LogP contribution in [0.1, 0.15) is 44.7 Å². The third-order valence-electron chi connectivity index (χ3n) is 7.87. The van der Waals surface area contributed by atoms with Crippen molar-refractivity contribution >= 4 is 46.3 Å². The number of piperidine rings is 1. The number of ether oxygens (including phenoxy) is 1. The number of nitrogens with zero attached hydrogens (tertiary/aromatic N) is 2. The molecule has 1 fully saturated rings. The maximum atomic E-state index is 12.9. The van der Waals surface area contributed by atoms with E-state index >= 15 is 0 Å². The minimum absolute atomic E-state index is 0.0223. The Labute approximate surface area is 281 Å². The van der Waals surface area contributed by atoms with Gasteiger partial charge in [-0.3, -0.25) is 14.4 Å². The van der Waals surface area contributed by atoms with Crippen molar-refractivity contribution in [2.24, 2.45) is 5.92 Å². The number of amides is 3. The second-order valence-electron chi connectivity index (χ2n) is 11.2. The predicted octanol–water partition coefficient (Wildman–Crippen LogP) is 5.98. The average molecular weight is 732 g/mol. The first-order valence-electron chi connectivity index (χ1n) is 15.0. The molecule has 9 nitrogen and oxygen atoms in total. The third-order valence-corrected chi connectivity index (χ3v) is 8.54. The van der Waals surface area contributed by atoms with Crippen molar-refractivity contribution in [3.63, 3.8) is 0 Å². The molecule has 3 amide bonds. The SMILES string of the molecule is O=C(O)C(=O)N(Cc1ccc(C(=O)NCc2ccc(Oc3ccccc3)cc2)cc1)CC1CCN(C(=O)c2cccc(I)c2)CC1. The Morgan fingerprint density at radius 1 is 0.804 bits per heavy atom. The van der Waals surface area contributed by atoms with E-state index in [0.717, 1.165) is 14.9 Å². The van der Waals surface area contributed by atoms with Crippen LogP contribution in [0.25, 0.3) is 0 Å². The molecule has 0 aromatic heterocycles. The molecule has 0 atom stereocenters. The lowest BCUT2D eigenvalue weighted by Gasteiger charge is -2.34. The molecule has 0 unspecified atom stereocenters. The van der Waals surface area contributed by atoms with Crippen molar-refractivity contribution < 1.29 is 29.0 Å². The highest BCUT2D eigenvalue weighted by Gasteiger charge is 2.29. The van der Waals surface area contributed by atoms with Gasteiger partial charge in [-0.15, -0.1) is 0 Å². The summed E-state index contributed by atoms with van der Waals surface area (Å²) in [6.45, 7) is 1.79. The van der Waals surface area contributed by atoms with Crippen molar-refractivity contribution in [1.29, 1.82) is 0 Å². The maximum absolute atomic E-state index is 12.9. The summed E-state index contributed by atoms with van der Waals surface area (Å²) in [5.41, 5.74) is 2.73. The lowest BCUT2D eigenvalue weighted by molar-refractivity contribution is -0.156. The lowest BCUT2D eigenvalue weighted by atomic mass is 9.95. The molecule has 4 aromatic carbocycles. The van der Waals surface area contributed by atoms with E-state index in [1.807, 2.05) is 77.7 Å². The van der Waals surface area contributed by atoms with Gasteiger partial charge in [0.1, 0.15) is 11.5 Å². The summed E-state index contributed by atoms with van der Waals surface area (Å²) in [5.74, 6) is -1.25. The van der Waals surface area contributed by atoms with E-state index in [2.05, 4.69) is 27.9 Å². The van der Waals surface area contributed by atoms with Crippen LogP contribution in [0, 0.1) is 9.49 Å². The van der Waals surface area contributed by atoms with E-state index in [1.165, 1.54) is 4.90 Å². The highest BCUT2D eigenvalue weighted by atomic mass is 127. The Kier molecular flexibility index (Phi) is 11.0. The molecule has 1 aliphatic heterocycles. The van der Waals surface area contributed by atoms with Gasteiger partial charge in [0.2, 0.25) is 0 Å². The molecular weight excluding hydrogens is 697 g/mol. The fourth-order valence-corrected chi connectivity index (χ4v) is 5.90. The number of rotatable bonds is 10. The standard InChI is InChI=1S/C36H34IN3O6/c37-30-6-4-5-29(21-30)34(42)39-19-17-27(18-20-39)24-40(35(43)36(44)45)23-26-9-13-28(14-10-26)33(41)38-22-25-11-15-32(16-12-25)46-31-7-2-1-3-8-31/h1-16,21,27H,17-20,22-24H2,(H,38,41)(H,44,45). The van der Waals surface area contributed by atoms with Crippen LogP contribution in [-0.4, -0.2) is 58.2 Å². The summed E-state index contributed by atoms with van der Waals surface area (Å²) < 4.78 is 6.80. The number of hydrogen-bond acceptors (Lipinski definition) is 5. The molecule has 1 aliphatic rings. The Bertz CT molecular complexity index is 1670. The quantitative estimate of drug-likeness (QED) is 0.153. The van der Waals surface area contributed by atoms with Crippen LogP contribution >= 0.6 is 22.6 Å². The second kappa shape index (κ2) is 15.5. The van der Waals surface area contributed by atoms with Crippen LogP contribution in [0.15, 0.2) is 103 Å². The van der Waals surface area contributed by atoms with Crippen molar-refractivity contribution in [3.05, 3.63) is 129 Å². The van der Waals surface area contributed by atoms with Crippen LogP contribution in [0.3, 0.4) is 0 Å². The number of para-hydroxylation sites is 1. The lowest BCUT2D eigenvalue weighted by Crippen LogP contribution is -2.44. The third kappa shape index (κ3) is 8.94. The number of nitrogens with one attached hydrogen (secondary N) is 1. The maximum Gasteiger partial charge on any atom is 0.394 e. The first kappa shape index (κ1) is 32.7. The van der Waals surface area contributed by atoms with Gasteiger partial charge < -0.3 is 25.0 Å². The van der Waals surface area contributed by atoms with Gasteiger partial charge in [-0.25, -0.2) is 4.79 Å². The highest BCUT2D eigenvalue weighted by molar-refractivity contribution is 14.1. The van der Waals surface area contributed by atoms with Gasteiger partial charge in [0, 0.05) is 47.4 Å². The van der Waals surface area contributed by atoms with Crippen LogP contribution < -0.4 is 10.1 Å². The number of benzene rings is 4. The molecule has 4 aromatic rings.